The summed E-state index contributed by atoms with van der Waals surface area (Å²) in [5.74, 6) is -0.156. The molecule has 0 radical (unpaired) electrons. The highest BCUT2D eigenvalue weighted by atomic mass is 16.3. The average molecular weight is 223 g/mol. The largest absolute Gasteiger partial charge is 0.459 e. The lowest BCUT2D eigenvalue weighted by molar-refractivity contribution is -0.127. The van der Waals surface area contributed by atoms with Crippen LogP contribution in [0.5, 0.6) is 0 Å². The van der Waals surface area contributed by atoms with Gasteiger partial charge < -0.3 is 9.73 Å². The second kappa shape index (κ2) is 4.51. The molecule has 1 aromatic rings. The number of ketones is 1. The minimum Gasteiger partial charge on any atom is -0.459 e. The van der Waals surface area contributed by atoms with E-state index >= 15 is 0 Å². The van der Waals surface area contributed by atoms with Crippen LogP contribution in [0.25, 0.3) is 0 Å². The van der Waals surface area contributed by atoms with Crippen LogP contribution in [-0.2, 0) is 4.79 Å². The SMILES string of the molecule is C[C@H](NC(=O)c1ccco1)C(=O)C(C)(C)C. The van der Waals surface area contributed by atoms with Crippen LogP contribution in [0.15, 0.2) is 22.8 Å². The molecule has 4 heteroatoms. The predicted octanol–water partition coefficient (Wildman–Crippen LogP) is 2.01. The number of carbonyl (C=O) groups is 2. The molecule has 4 nitrogen and oxygen atoms in total. The van der Waals surface area contributed by atoms with Gasteiger partial charge in [-0.15, -0.1) is 0 Å². The molecule has 0 spiro atoms. The van der Waals surface area contributed by atoms with Gasteiger partial charge in [0.2, 0.25) is 0 Å². The maximum atomic E-state index is 11.8. The van der Waals surface area contributed by atoms with Gasteiger partial charge in [0.25, 0.3) is 5.91 Å². The van der Waals surface area contributed by atoms with Crippen molar-refractivity contribution in [3.8, 4) is 0 Å². The van der Waals surface area contributed by atoms with Crippen LogP contribution >= 0.6 is 0 Å². The van der Waals surface area contributed by atoms with E-state index in [2.05, 4.69) is 5.32 Å². The van der Waals surface area contributed by atoms with E-state index in [9.17, 15) is 9.59 Å². The summed E-state index contributed by atoms with van der Waals surface area (Å²) in [6.07, 6.45) is 1.42. The number of carbonyl (C=O) groups excluding carboxylic acids is 2. The lowest BCUT2D eigenvalue weighted by atomic mass is 9.87. The Morgan fingerprint density at radius 3 is 2.44 bits per heavy atom. The van der Waals surface area contributed by atoms with Crippen LogP contribution in [0.3, 0.4) is 0 Å². The molecule has 1 N–H and O–H groups in total. The second-order valence-electron chi connectivity index (χ2n) is 4.79. The van der Waals surface area contributed by atoms with Crippen molar-refractivity contribution in [1.29, 1.82) is 0 Å². The van der Waals surface area contributed by atoms with Crippen LogP contribution in [0.1, 0.15) is 38.2 Å². The van der Waals surface area contributed by atoms with Gasteiger partial charge in [-0.2, -0.15) is 0 Å². The van der Waals surface area contributed by atoms with Crippen molar-refractivity contribution in [3.05, 3.63) is 24.2 Å². The molecule has 0 saturated carbocycles. The van der Waals surface area contributed by atoms with E-state index in [0.717, 1.165) is 0 Å². The van der Waals surface area contributed by atoms with E-state index in [4.69, 9.17) is 4.42 Å². The average Bonchev–Trinajstić information content (AvgIpc) is 2.67. The van der Waals surface area contributed by atoms with Crippen LogP contribution in [-0.4, -0.2) is 17.7 Å². The van der Waals surface area contributed by atoms with Crippen LogP contribution in [0, 0.1) is 5.41 Å². The van der Waals surface area contributed by atoms with E-state index in [0.29, 0.717) is 0 Å². The highest BCUT2D eigenvalue weighted by Gasteiger charge is 2.28. The number of furan rings is 1. The summed E-state index contributed by atoms with van der Waals surface area (Å²) in [4.78, 5) is 23.4. The molecule has 0 bridgehead atoms. The monoisotopic (exact) mass is 223 g/mol. The van der Waals surface area contributed by atoms with Crippen molar-refractivity contribution in [3.63, 3.8) is 0 Å². The third-order valence-electron chi connectivity index (χ3n) is 2.23. The lowest BCUT2D eigenvalue weighted by Crippen LogP contribution is -2.43. The molecule has 88 valence electrons. The van der Waals surface area contributed by atoms with Gasteiger partial charge in [-0.05, 0) is 19.1 Å². The highest BCUT2D eigenvalue weighted by Crippen LogP contribution is 2.16. The molecule has 1 heterocycles. The summed E-state index contributed by atoms with van der Waals surface area (Å²) >= 11 is 0. The molecule has 0 aromatic carbocycles. The normalized spacial score (nSPS) is 13.2. The first-order valence-electron chi connectivity index (χ1n) is 5.21. The lowest BCUT2D eigenvalue weighted by Gasteiger charge is -2.22. The van der Waals surface area contributed by atoms with Gasteiger partial charge in [-0.25, -0.2) is 0 Å². The highest BCUT2D eigenvalue weighted by molar-refractivity contribution is 5.97. The molecule has 1 atom stereocenters. The van der Waals surface area contributed by atoms with Crippen molar-refractivity contribution in [1.82, 2.24) is 5.32 Å². The fraction of sp³-hybridized carbons (Fsp3) is 0.500. The Bertz CT molecular complexity index is 373. The first-order valence-corrected chi connectivity index (χ1v) is 5.21. The molecular formula is C12H17NO3. The smallest absolute Gasteiger partial charge is 0.287 e. The van der Waals surface area contributed by atoms with Gasteiger partial charge >= 0.3 is 0 Å². The molecule has 0 saturated heterocycles. The number of nitrogens with one attached hydrogen (secondary N) is 1. The first kappa shape index (κ1) is 12.5. The van der Waals surface area contributed by atoms with Gasteiger partial charge in [0.1, 0.15) is 0 Å². The van der Waals surface area contributed by atoms with Crippen LogP contribution in [0.4, 0.5) is 0 Å². The third kappa shape index (κ3) is 2.95. The molecule has 0 aliphatic rings. The summed E-state index contributed by atoms with van der Waals surface area (Å²) < 4.78 is 4.94. The third-order valence-corrected chi connectivity index (χ3v) is 2.23. The predicted molar refractivity (Wildman–Crippen MR) is 60.1 cm³/mol. The summed E-state index contributed by atoms with van der Waals surface area (Å²) in [6, 6.07) is 2.67. The first-order chi connectivity index (χ1) is 7.32. The fourth-order valence-corrected chi connectivity index (χ4v) is 1.39. The summed E-state index contributed by atoms with van der Waals surface area (Å²) in [7, 11) is 0. The van der Waals surface area contributed by atoms with Crippen LogP contribution < -0.4 is 5.32 Å². The van der Waals surface area contributed by atoms with Gasteiger partial charge in [-0.1, -0.05) is 20.8 Å². The number of Topliss-reactive ketones (excluding diaryl/α,β-unsaturated/α-hetero) is 1. The number of rotatable bonds is 3. The zero-order valence-corrected chi connectivity index (χ0v) is 10.0. The molecule has 0 unspecified atom stereocenters. The van der Waals surface area contributed by atoms with Crippen LogP contribution in [0.2, 0.25) is 0 Å². The van der Waals surface area contributed by atoms with Crippen molar-refractivity contribution >= 4 is 11.7 Å². The minimum atomic E-state index is -0.516. The van der Waals surface area contributed by atoms with Gasteiger partial charge in [0, 0.05) is 5.41 Å². The fourth-order valence-electron chi connectivity index (χ4n) is 1.39. The van der Waals surface area contributed by atoms with Crippen molar-refractivity contribution in [2.24, 2.45) is 5.41 Å². The van der Waals surface area contributed by atoms with Crippen molar-refractivity contribution in [2.45, 2.75) is 33.7 Å². The maximum absolute atomic E-state index is 11.8. The Morgan fingerprint density at radius 2 is 2.00 bits per heavy atom. The number of amides is 1. The Hall–Kier alpha value is -1.58. The van der Waals surface area contributed by atoms with Gasteiger partial charge in [0.05, 0.1) is 12.3 Å². The second-order valence-corrected chi connectivity index (χ2v) is 4.79. The van der Waals surface area contributed by atoms with E-state index < -0.39 is 11.5 Å². The van der Waals surface area contributed by atoms with E-state index in [-0.39, 0.29) is 17.5 Å². The number of hydrogen-bond donors (Lipinski definition) is 1. The number of hydrogen-bond acceptors (Lipinski definition) is 3. The standard InChI is InChI=1S/C12H17NO3/c1-8(10(14)12(2,3)4)13-11(15)9-6-5-7-16-9/h5-8H,1-4H3,(H,13,15)/t8-/m0/s1. The molecule has 0 aliphatic heterocycles. The Kier molecular flexibility index (Phi) is 3.52. The van der Waals surface area contributed by atoms with Crippen molar-refractivity contribution < 1.29 is 14.0 Å². The summed E-state index contributed by atoms with van der Waals surface area (Å²) in [6.45, 7) is 7.15. The molecule has 16 heavy (non-hydrogen) atoms. The molecular weight excluding hydrogens is 206 g/mol. The molecule has 0 fully saturated rings. The van der Waals surface area contributed by atoms with E-state index in [1.54, 1.807) is 19.1 Å². The molecule has 1 amide bonds. The van der Waals surface area contributed by atoms with E-state index in [1.807, 2.05) is 20.8 Å². The zero-order valence-electron chi connectivity index (χ0n) is 10.0. The zero-order chi connectivity index (χ0) is 12.3. The quantitative estimate of drug-likeness (QED) is 0.852. The molecule has 1 rings (SSSR count). The minimum absolute atomic E-state index is 0.00703. The Balaban J connectivity index is 2.62. The summed E-state index contributed by atoms with van der Waals surface area (Å²) in [5.41, 5.74) is -0.462. The maximum Gasteiger partial charge on any atom is 0.287 e. The molecule has 1 aromatic heterocycles. The molecule has 0 aliphatic carbocycles. The summed E-state index contributed by atoms with van der Waals surface area (Å²) in [5, 5.41) is 2.61. The van der Waals surface area contributed by atoms with Gasteiger partial charge in [-0.3, -0.25) is 9.59 Å². The Labute approximate surface area is 95.0 Å². The topological polar surface area (TPSA) is 59.3 Å². The Morgan fingerprint density at radius 1 is 1.38 bits per heavy atom. The van der Waals surface area contributed by atoms with Crippen molar-refractivity contribution in [2.75, 3.05) is 0 Å². The van der Waals surface area contributed by atoms with E-state index in [1.165, 1.54) is 6.26 Å². The van der Waals surface area contributed by atoms with Gasteiger partial charge in [0.15, 0.2) is 11.5 Å².